The van der Waals surface area contributed by atoms with Crippen molar-refractivity contribution in [3.63, 3.8) is 0 Å². The van der Waals surface area contributed by atoms with Crippen LogP contribution in [0.25, 0.3) is 65.9 Å². The summed E-state index contributed by atoms with van der Waals surface area (Å²) in [5.41, 5.74) is 12.0. The zero-order valence-electron chi connectivity index (χ0n) is 38.0. The molecule has 8 nitrogen and oxygen atoms in total. The molecule has 7 aromatic carbocycles. The minimum Gasteiger partial charge on any atom is -0.288 e. The number of carbonyl (C=O) groups is 2. The average Bonchev–Trinajstić information content (AvgIpc) is 3.80. The molecule has 0 N–H and O–H groups in total. The molecule has 2 aliphatic rings. The Kier molecular flexibility index (Phi) is 9.65. The van der Waals surface area contributed by atoms with Crippen LogP contribution in [0.3, 0.4) is 0 Å². The molecule has 0 bridgehead atoms. The van der Waals surface area contributed by atoms with Gasteiger partial charge in [-0.05, 0) is 106 Å². The van der Waals surface area contributed by atoms with E-state index in [9.17, 15) is 9.59 Å². The average molecular weight is 881 g/mol. The summed E-state index contributed by atoms with van der Waals surface area (Å²) in [7, 11) is 0. The van der Waals surface area contributed by atoms with Crippen molar-refractivity contribution in [2.24, 2.45) is 0 Å². The Labute approximate surface area is 393 Å². The Morgan fingerprint density at radius 1 is 0.426 bits per heavy atom. The number of nitrogens with zero attached hydrogens (tertiary/aromatic N) is 6. The lowest BCUT2D eigenvalue weighted by molar-refractivity contribution is 0.0988. The molecule has 326 valence electrons. The maximum atomic E-state index is 14.6. The van der Waals surface area contributed by atoms with Crippen molar-refractivity contribution in [2.45, 2.75) is 39.5 Å². The number of hydrogen-bond donors (Lipinski definition) is 0. The highest BCUT2D eigenvalue weighted by atomic mass is 16.2. The Hall–Kier alpha value is -8.62. The van der Waals surface area contributed by atoms with Gasteiger partial charge in [0.15, 0.2) is 23.2 Å². The minimum atomic E-state index is -0.304. The van der Waals surface area contributed by atoms with Gasteiger partial charge in [-0.1, -0.05) is 137 Å². The Balaban J connectivity index is 1.22. The fourth-order valence-corrected chi connectivity index (χ4v) is 10.2. The molecule has 0 amide bonds. The molecule has 0 radical (unpaired) electrons. The molecule has 0 atom stereocenters. The summed E-state index contributed by atoms with van der Waals surface area (Å²) < 4.78 is 0. The van der Waals surface area contributed by atoms with Gasteiger partial charge in [-0.2, -0.15) is 0 Å². The quantitative estimate of drug-likeness (QED) is 0.115. The van der Waals surface area contributed by atoms with E-state index in [-0.39, 0.29) is 29.0 Å². The molecule has 0 spiro atoms. The molecule has 10 aromatic rings. The summed E-state index contributed by atoms with van der Waals surface area (Å²) in [6.07, 6.45) is 7.37. The summed E-state index contributed by atoms with van der Waals surface area (Å²) in [4.78, 5) is 54.2. The molecule has 0 saturated heterocycles. The zero-order valence-corrected chi connectivity index (χ0v) is 38.0. The smallest absolute Gasteiger partial charge is 0.197 e. The van der Waals surface area contributed by atoms with Gasteiger partial charge in [-0.15, -0.1) is 0 Å². The van der Waals surface area contributed by atoms with E-state index in [4.69, 9.17) is 19.9 Å². The van der Waals surface area contributed by atoms with Crippen LogP contribution in [-0.4, -0.2) is 31.5 Å². The summed E-state index contributed by atoms with van der Waals surface area (Å²) in [6, 6.07) is 52.9. The van der Waals surface area contributed by atoms with Crippen molar-refractivity contribution >= 4 is 78.2 Å². The number of carbonyl (C=O) groups excluding carboxylic acids is 2. The zero-order chi connectivity index (χ0) is 46.2. The molecule has 12 rings (SSSR count). The number of allylic oxidation sites excluding steroid dienone is 3. The van der Waals surface area contributed by atoms with Crippen molar-refractivity contribution in [1.82, 2.24) is 19.9 Å². The Morgan fingerprint density at radius 3 is 1.37 bits per heavy atom. The van der Waals surface area contributed by atoms with Crippen molar-refractivity contribution in [3.05, 3.63) is 216 Å². The molecule has 1 aliphatic carbocycles. The molecule has 3 aromatic heterocycles. The van der Waals surface area contributed by atoms with Gasteiger partial charge in [-0.25, -0.2) is 9.97 Å². The van der Waals surface area contributed by atoms with Gasteiger partial charge in [0.2, 0.25) is 0 Å². The molecular weight excluding hydrogens is 837 g/mol. The van der Waals surface area contributed by atoms with E-state index in [0.29, 0.717) is 28.6 Å². The molecule has 0 saturated carbocycles. The first-order valence-electron chi connectivity index (χ1n) is 23.1. The lowest BCUT2D eigenvalue weighted by Gasteiger charge is -2.32. The molecule has 4 heterocycles. The normalized spacial score (nSPS) is 14.1. The minimum absolute atomic E-state index is 0.0970. The highest BCUT2D eigenvalue weighted by Gasteiger charge is 2.42. The van der Waals surface area contributed by atoms with Gasteiger partial charge < -0.3 is 0 Å². The van der Waals surface area contributed by atoms with E-state index in [1.54, 1.807) is 6.08 Å². The number of ketones is 2. The van der Waals surface area contributed by atoms with Gasteiger partial charge >= 0.3 is 0 Å². The van der Waals surface area contributed by atoms with E-state index in [1.807, 2.05) is 116 Å². The largest absolute Gasteiger partial charge is 0.288 e. The number of benzene rings is 7. The van der Waals surface area contributed by atoms with Crippen LogP contribution in [0.4, 0.5) is 23.0 Å². The SMILES string of the molecule is CC(C)c1cccc(C(C)C)c1N1/C(=C\C=C2C(=O)c3cc4ccccc4cc3C2=O)N(c2c(-c3ccnc4ccccc34)cccc2-c2ccnc3ccccc23)c2nc3ccccc3nc21. The van der Waals surface area contributed by atoms with Gasteiger partial charge in [-0.3, -0.25) is 29.4 Å². The molecule has 0 unspecified atom stereocenters. The number of Topliss-reactive ketones (excluding diaryl/α,β-unsaturated/α-hetero) is 2. The number of fused-ring (bicyclic) bond motifs is 6. The van der Waals surface area contributed by atoms with E-state index < -0.39 is 0 Å². The summed E-state index contributed by atoms with van der Waals surface area (Å²) >= 11 is 0. The second-order valence-corrected chi connectivity index (χ2v) is 18.1. The van der Waals surface area contributed by atoms with E-state index in [2.05, 4.69) is 98.2 Å². The predicted octanol–water partition coefficient (Wildman–Crippen LogP) is 14.6. The van der Waals surface area contributed by atoms with Crippen LogP contribution < -0.4 is 9.80 Å². The maximum Gasteiger partial charge on any atom is 0.197 e. The lowest BCUT2D eigenvalue weighted by Crippen LogP contribution is -2.25. The number of pyridine rings is 2. The number of aromatic nitrogens is 4. The summed E-state index contributed by atoms with van der Waals surface area (Å²) in [5.74, 6) is 1.51. The lowest BCUT2D eigenvalue weighted by atomic mass is 9.91. The first-order chi connectivity index (χ1) is 33.2. The monoisotopic (exact) mass is 880 g/mol. The third-order valence-electron chi connectivity index (χ3n) is 13.4. The van der Waals surface area contributed by atoms with Crippen molar-refractivity contribution in [3.8, 4) is 22.3 Å². The first-order valence-corrected chi connectivity index (χ1v) is 23.1. The van der Waals surface area contributed by atoms with E-state index in [0.717, 1.165) is 88.4 Å². The Bertz CT molecular complexity index is 3640. The van der Waals surface area contributed by atoms with Crippen LogP contribution >= 0.6 is 0 Å². The van der Waals surface area contributed by atoms with E-state index >= 15 is 0 Å². The summed E-state index contributed by atoms with van der Waals surface area (Å²) in [5, 5.41) is 3.78. The second kappa shape index (κ2) is 16.1. The van der Waals surface area contributed by atoms with E-state index in [1.165, 1.54) is 0 Å². The number of anilines is 4. The van der Waals surface area contributed by atoms with Crippen molar-refractivity contribution in [1.29, 1.82) is 0 Å². The van der Waals surface area contributed by atoms with Gasteiger partial charge in [0, 0.05) is 45.4 Å². The molecule has 0 fully saturated rings. The first kappa shape index (κ1) is 40.9. The highest BCUT2D eigenvalue weighted by molar-refractivity contribution is 6.40. The standard InChI is InChI=1S/C60H44N6O2/c1-35(2)39-19-13-20-40(36(3)4)55(39)65-54(28-27-47-57(67)48-33-37-15-5-6-16-38(37)34-49(48)58(47)68)66(60-59(65)63-52-25-11-12-26-53(52)64-60)56-45(41-29-31-61-50-23-9-7-17-43(41)50)21-14-22-46(56)42-30-32-62-51-24-10-8-18-44(42)51/h5-36H,1-4H3/b54-28+. The van der Waals surface area contributed by atoms with Crippen LogP contribution in [0.15, 0.2) is 194 Å². The number of rotatable bonds is 7. The van der Waals surface area contributed by atoms with Gasteiger partial charge in [0.1, 0.15) is 5.82 Å². The molecule has 1 aliphatic heterocycles. The van der Waals surface area contributed by atoms with Crippen molar-refractivity contribution in [2.75, 3.05) is 9.80 Å². The molecule has 8 heteroatoms. The van der Waals surface area contributed by atoms with Gasteiger partial charge in [0.05, 0.1) is 39.0 Å². The fourth-order valence-electron chi connectivity index (χ4n) is 10.2. The summed E-state index contributed by atoms with van der Waals surface area (Å²) in [6.45, 7) is 8.84. The highest BCUT2D eigenvalue weighted by Crippen LogP contribution is 2.56. The Morgan fingerprint density at radius 2 is 0.868 bits per heavy atom. The van der Waals surface area contributed by atoms with Crippen LogP contribution in [-0.2, 0) is 0 Å². The van der Waals surface area contributed by atoms with Crippen LogP contribution in [0.5, 0.6) is 0 Å². The third kappa shape index (κ3) is 6.43. The van der Waals surface area contributed by atoms with Crippen LogP contribution in [0, 0.1) is 0 Å². The number of hydrogen-bond acceptors (Lipinski definition) is 8. The third-order valence-corrected chi connectivity index (χ3v) is 13.4. The second-order valence-electron chi connectivity index (χ2n) is 18.1. The van der Waals surface area contributed by atoms with Crippen molar-refractivity contribution < 1.29 is 9.59 Å². The predicted molar refractivity (Wildman–Crippen MR) is 275 cm³/mol. The van der Waals surface area contributed by atoms with Gasteiger partial charge in [0.25, 0.3) is 0 Å². The fraction of sp³-hybridized carbons (Fsp3) is 0.100. The maximum absolute atomic E-state index is 14.6. The molecular formula is C60H44N6O2. The molecule has 68 heavy (non-hydrogen) atoms. The van der Waals surface area contributed by atoms with Crippen LogP contribution in [0.1, 0.15) is 71.4 Å². The van der Waals surface area contributed by atoms with Crippen LogP contribution in [0.2, 0.25) is 0 Å². The topological polar surface area (TPSA) is 92.2 Å². The number of para-hydroxylation sites is 6.